The van der Waals surface area contributed by atoms with E-state index in [9.17, 15) is 0 Å². The van der Waals surface area contributed by atoms with Gasteiger partial charge in [-0.15, -0.1) is 0 Å². The fraction of sp³-hybridized carbons (Fsp3) is 0. The van der Waals surface area contributed by atoms with Crippen LogP contribution in [0.5, 0.6) is 0 Å². The molecule has 0 aromatic carbocycles. The molecule has 2 nitrogen and oxygen atoms in total. The second-order valence-corrected chi connectivity index (χ2v) is 1.88. The van der Waals surface area contributed by atoms with Gasteiger partial charge in [-0.1, -0.05) is 0 Å². The van der Waals surface area contributed by atoms with Gasteiger partial charge >= 0.3 is 0 Å². The number of hydrogen-bond acceptors (Lipinski definition) is 1. The van der Waals surface area contributed by atoms with Crippen molar-refractivity contribution in [1.29, 1.82) is 0 Å². The van der Waals surface area contributed by atoms with Crippen molar-refractivity contribution in [2.75, 3.05) is 0 Å². The van der Waals surface area contributed by atoms with Gasteiger partial charge in [0.2, 0.25) is 0 Å². The highest BCUT2D eigenvalue weighted by Gasteiger charge is 1.73. The second kappa shape index (κ2) is 1.59. The van der Waals surface area contributed by atoms with E-state index in [1.54, 1.807) is 8.98 Å². The van der Waals surface area contributed by atoms with Crippen molar-refractivity contribution in [1.82, 2.24) is 7.76 Å². The van der Waals surface area contributed by atoms with Crippen molar-refractivity contribution in [2.24, 2.45) is 0 Å². The van der Waals surface area contributed by atoms with Gasteiger partial charge in [0.05, 0.1) is 22.9 Å². The molecule has 1 radical (unpaired) electrons. The summed E-state index contributed by atoms with van der Waals surface area (Å²) < 4.78 is 1.73. The number of halogens is 1. The Kier molecular flexibility index (Phi) is 1.09. The molecular weight excluding hydrogens is 191 g/mol. The highest BCUT2D eigenvalue weighted by atomic mass is 127. The molecule has 0 bridgehead atoms. The molecule has 1 rings (SSSR count). The maximum atomic E-state index is 3.65. The maximum Gasteiger partial charge on any atom is 0.186 e. The molecule has 0 aliphatic rings. The Morgan fingerprint density at radius 1 is 1.83 bits per heavy atom. The van der Waals surface area contributed by atoms with Crippen LogP contribution in [0.1, 0.15) is 0 Å². The first kappa shape index (κ1) is 4.11. The first-order chi connectivity index (χ1) is 2.89. The lowest BCUT2D eigenvalue weighted by Gasteiger charge is -1.70. The zero-order valence-electron chi connectivity index (χ0n) is 2.93. The lowest BCUT2D eigenvalue weighted by molar-refractivity contribution is 1.26. The van der Waals surface area contributed by atoms with Crippen LogP contribution in [0.15, 0.2) is 12.4 Å². The van der Waals surface area contributed by atoms with Crippen LogP contribution >= 0.6 is 22.9 Å². The molecule has 0 aliphatic carbocycles. The van der Waals surface area contributed by atoms with Crippen molar-refractivity contribution >= 4 is 22.9 Å². The van der Waals surface area contributed by atoms with Crippen molar-refractivity contribution in [3.8, 4) is 0 Å². The van der Waals surface area contributed by atoms with E-state index in [4.69, 9.17) is 0 Å². The molecular formula is C3H2IN2. The minimum Gasteiger partial charge on any atom is -0.269 e. The predicted octanol–water partition coefficient (Wildman–Crippen LogP) is 0.881. The van der Waals surface area contributed by atoms with Crippen LogP contribution in [0.4, 0.5) is 0 Å². The lowest BCUT2D eigenvalue weighted by Crippen LogP contribution is -1.64. The van der Waals surface area contributed by atoms with Gasteiger partial charge in [0.1, 0.15) is 0 Å². The van der Waals surface area contributed by atoms with Gasteiger partial charge in [-0.05, 0) is 0 Å². The molecule has 0 saturated heterocycles. The Balaban J connectivity index is 3.05. The van der Waals surface area contributed by atoms with Crippen LogP contribution in [-0.4, -0.2) is 7.76 Å². The predicted molar refractivity (Wildman–Crippen MR) is 30.5 cm³/mol. The van der Waals surface area contributed by atoms with Crippen LogP contribution in [0, 0.1) is 6.33 Å². The van der Waals surface area contributed by atoms with E-state index < -0.39 is 0 Å². The van der Waals surface area contributed by atoms with Gasteiger partial charge in [0.15, 0.2) is 6.33 Å². The summed E-state index contributed by atoms with van der Waals surface area (Å²) in [4.78, 5) is 3.65. The Morgan fingerprint density at radius 2 is 2.67 bits per heavy atom. The molecule has 0 spiro atoms. The minimum absolute atomic E-state index is 1.69. The van der Waals surface area contributed by atoms with E-state index in [0.29, 0.717) is 0 Å². The van der Waals surface area contributed by atoms with Crippen LogP contribution in [0.25, 0.3) is 0 Å². The van der Waals surface area contributed by atoms with E-state index in [-0.39, 0.29) is 0 Å². The highest BCUT2D eigenvalue weighted by Crippen LogP contribution is 1.87. The van der Waals surface area contributed by atoms with Gasteiger partial charge in [-0.3, -0.25) is 2.78 Å². The van der Waals surface area contributed by atoms with Crippen molar-refractivity contribution in [2.45, 2.75) is 0 Å². The van der Waals surface area contributed by atoms with Crippen LogP contribution < -0.4 is 0 Å². The Labute approximate surface area is 49.7 Å². The minimum atomic E-state index is 1.69. The summed E-state index contributed by atoms with van der Waals surface area (Å²) in [6.45, 7) is 0. The van der Waals surface area contributed by atoms with E-state index in [2.05, 4.69) is 34.2 Å². The third-order valence-corrected chi connectivity index (χ3v) is 0.963. The largest absolute Gasteiger partial charge is 0.269 e. The molecule has 0 unspecified atom stereocenters. The summed E-state index contributed by atoms with van der Waals surface area (Å²) in [5.41, 5.74) is 0. The lowest BCUT2D eigenvalue weighted by atomic mass is 11.0. The fourth-order valence-electron chi connectivity index (χ4n) is 0.214. The van der Waals surface area contributed by atoms with Crippen LogP contribution in [-0.2, 0) is 0 Å². The Hall–Kier alpha value is -0.0600. The monoisotopic (exact) mass is 193 g/mol. The zero-order chi connectivity index (χ0) is 4.41. The average Bonchev–Trinajstić information content (AvgIpc) is 1.86. The number of imidazole rings is 1. The van der Waals surface area contributed by atoms with Gasteiger partial charge in [-0.2, -0.15) is 0 Å². The number of hydrogen-bond donors (Lipinski definition) is 0. The molecule has 6 heavy (non-hydrogen) atoms. The van der Waals surface area contributed by atoms with E-state index >= 15 is 0 Å². The SMILES string of the molecule is In1[c]ncc1. The van der Waals surface area contributed by atoms with Gasteiger partial charge in [-0.25, -0.2) is 4.98 Å². The normalized spacial score (nSPS) is 8.83. The van der Waals surface area contributed by atoms with Crippen LogP contribution in [0.2, 0.25) is 0 Å². The molecule has 31 valence electrons. The molecule has 1 aromatic rings. The number of rotatable bonds is 0. The molecule has 1 heterocycles. The molecule has 0 amide bonds. The number of nitrogens with zero attached hydrogens (tertiary/aromatic N) is 2. The van der Waals surface area contributed by atoms with Gasteiger partial charge < -0.3 is 0 Å². The molecule has 1 aromatic heterocycles. The van der Waals surface area contributed by atoms with Crippen molar-refractivity contribution in [3.63, 3.8) is 0 Å². The summed E-state index contributed by atoms with van der Waals surface area (Å²) in [5, 5.41) is 0. The van der Waals surface area contributed by atoms with Gasteiger partial charge in [0, 0.05) is 12.4 Å². The van der Waals surface area contributed by atoms with Crippen molar-refractivity contribution in [3.05, 3.63) is 18.7 Å². The fourth-order valence-corrected chi connectivity index (χ4v) is 0.482. The highest BCUT2D eigenvalue weighted by molar-refractivity contribution is 14.1. The third kappa shape index (κ3) is 0.707. The Bertz CT molecular complexity index is 112. The molecule has 0 saturated carbocycles. The summed E-state index contributed by atoms with van der Waals surface area (Å²) in [6, 6.07) is 0. The first-order valence-corrected chi connectivity index (χ1v) is 2.43. The standard InChI is InChI=1S/C3H2IN2/c4-6-2-1-5-3-6/h1-2H. The summed E-state index contributed by atoms with van der Waals surface area (Å²) in [5.74, 6) is 0. The van der Waals surface area contributed by atoms with E-state index in [1.807, 2.05) is 6.20 Å². The molecule has 0 atom stereocenters. The van der Waals surface area contributed by atoms with E-state index in [1.165, 1.54) is 0 Å². The second-order valence-electron chi connectivity index (χ2n) is 0.838. The number of aromatic nitrogens is 2. The first-order valence-electron chi connectivity index (χ1n) is 1.47. The quantitative estimate of drug-likeness (QED) is 0.559. The van der Waals surface area contributed by atoms with E-state index in [0.717, 1.165) is 0 Å². The van der Waals surface area contributed by atoms with Crippen molar-refractivity contribution < 1.29 is 0 Å². The summed E-state index contributed by atoms with van der Waals surface area (Å²) in [7, 11) is 0. The molecule has 0 fully saturated rings. The average molecular weight is 193 g/mol. The summed E-state index contributed by atoms with van der Waals surface area (Å²) in [6.07, 6.45) is 6.16. The molecule has 0 aliphatic heterocycles. The zero-order valence-corrected chi connectivity index (χ0v) is 5.08. The summed E-state index contributed by atoms with van der Waals surface area (Å²) >= 11 is 2.07. The topological polar surface area (TPSA) is 17.8 Å². The van der Waals surface area contributed by atoms with Crippen LogP contribution in [0.3, 0.4) is 0 Å². The smallest absolute Gasteiger partial charge is 0.186 e. The Morgan fingerprint density at radius 3 is 2.83 bits per heavy atom. The van der Waals surface area contributed by atoms with Gasteiger partial charge in [0.25, 0.3) is 0 Å². The molecule has 0 N–H and O–H groups in total. The maximum absolute atomic E-state index is 3.65. The third-order valence-electron chi connectivity index (χ3n) is 0.425. The molecule has 3 heteroatoms.